The van der Waals surface area contributed by atoms with Crippen LogP contribution in [0, 0.1) is 32.6 Å². The van der Waals surface area contributed by atoms with Gasteiger partial charge >= 0.3 is 5.63 Å². The minimum Gasteiger partial charge on any atom is -0.460 e. The monoisotopic (exact) mass is 538 g/mol. The Balaban J connectivity index is 1.23. The normalized spacial score (nSPS) is 22.7. The van der Waals surface area contributed by atoms with E-state index in [0.29, 0.717) is 48.1 Å². The highest BCUT2D eigenvalue weighted by Gasteiger charge is 2.44. The van der Waals surface area contributed by atoms with Gasteiger partial charge in [0.1, 0.15) is 16.9 Å². The number of likely N-dealkylation sites (tertiary alicyclic amines) is 1. The number of carbonyl (C=O) groups excluding carboxylic acids is 2. The van der Waals surface area contributed by atoms with Crippen LogP contribution in [0.1, 0.15) is 48.1 Å². The van der Waals surface area contributed by atoms with Crippen molar-refractivity contribution < 1.29 is 18.4 Å². The van der Waals surface area contributed by atoms with Crippen LogP contribution in [0.4, 0.5) is 0 Å². The van der Waals surface area contributed by atoms with E-state index >= 15 is 0 Å². The molecule has 2 amide bonds. The zero-order valence-corrected chi connectivity index (χ0v) is 23.3. The van der Waals surface area contributed by atoms with Crippen LogP contribution in [-0.2, 0) is 16.0 Å². The first-order valence-electron chi connectivity index (χ1n) is 14.4. The van der Waals surface area contributed by atoms with E-state index in [4.69, 9.17) is 8.83 Å². The fourth-order valence-electron chi connectivity index (χ4n) is 7.62. The van der Waals surface area contributed by atoms with Crippen molar-refractivity contribution in [3.05, 3.63) is 69.3 Å². The summed E-state index contributed by atoms with van der Waals surface area (Å²) in [7, 11) is 0. The summed E-state index contributed by atoms with van der Waals surface area (Å²) in [6.45, 7) is 7.81. The Morgan fingerprint density at radius 1 is 0.950 bits per heavy atom. The summed E-state index contributed by atoms with van der Waals surface area (Å²) in [6.07, 6.45) is 3.68. The Morgan fingerprint density at radius 2 is 1.73 bits per heavy atom. The first-order chi connectivity index (χ1) is 19.3. The Kier molecular flexibility index (Phi) is 5.88. The van der Waals surface area contributed by atoms with Crippen molar-refractivity contribution in [2.24, 2.45) is 11.8 Å². The molecule has 206 valence electrons. The van der Waals surface area contributed by atoms with E-state index in [9.17, 15) is 14.4 Å². The fraction of sp³-hybridized carbons (Fsp3) is 0.424. The molecule has 3 aliphatic heterocycles. The molecular formula is C33H34N2O5. The molecule has 0 N–H and O–H groups in total. The van der Waals surface area contributed by atoms with Crippen LogP contribution >= 0.6 is 0 Å². The predicted octanol–water partition coefficient (Wildman–Crippen LogP) is 5.53. The standard InChI is InChI=1S/C33H34N2O5/c1-18-24-13-26-30(22-8-5-4-6-9-22)20(3)39-32(26)19(2)31(24)40-33(38)25(18)14-29(37)34-15-21-12-23(17-34)27-10-7-11-28(36)35(27)16-21/h4-6,8-9,13,21,23,27H,7,10-12,14-17H2,1-3H3/t21-,23+,27-/m1/s1. The van der Waals surface area contributed by atoms with Crippen molar-refractivity contribution in [2.75, 3.05) is 19.6 Å². The van der Waals surface area contributed by atoms with E-state index < -0.39 is 5.63 Å². The maximum atomic E-state index is 13.6. The molecule has 4 aromatic rings. The Bertz CT molecular complexity index is 1730. The average molecular weight is 539 g/mol. The molecule has 3 aliphatic rings. The average Bonchev–Trinajstić information content (AvgIpc) is 3.28. The zero-order chi connectivity index (χ0) is 27.7. The minimum atomic E-state index is -0.464. The quantitative estimate of drug-likeness (QED) is 0.320. The highest BCUT2D eigenvalue weighted by molar-refractivity contribution is 6.06. The van der Waals surface area contributed by atoms with Crippen molar-refractivity contribution >= 4 is 33.8 Å². The molecule has 3 fully saturated rings. The molecule has 2 aromatic carbocycles. The third-order valence-corrected chi connectivity index (χ3v) is 9.56. The third kappa shape index (κ3) is 3.89. The van der Waals surface area contributed by atoms with E-state index in [1.807, 2.05) is 49.9 Å². The van der Waals surface area contributed by atoms with Crippen LogP contribution in [0.15, 0.2) is 50.0 Å². The van der Waals surface area contributed by atoms with Gasteiger partial charge in [-0.25, -0.2) is 4.79 Å². The lowest BCUT2D eigenvalue weighted by atomic mass is 9.76. The Hall–Kier alpha value is -3.87. The smallest absolute Gasteiger partial charge is 0.340 e. The largest absolute Gasteiger partial charge is 0.460 e. The highest BCUT2D eigenvalue weighted by atomic mass is 16.4. The lowest BCUT2D eigenvalue weighted by Crippen LogP contribution is -2.61. The van der Waals surface area contributed by atoms with Gasteiger partial charge in [0.05, 0.1) is 12.0 Å². The topological polar surface area (TPSA) is 84.0 Å². The lowest BCUT2D eigenvalue weighted by molar-refractivity contribution is -0.148. The number of aryl methyl sites for hydroxylation is 3. The van der Waals surface area contributed by atoms with Crippen molar-refractivity contribution in [1.29, 1.82) is 0 Å². The number of hydrogen-bond donors (Lipinski definition) is 0. The molecule has 0 unspecified atom stereocenters. The maximum absolute atomic E-state index is 13.6. The van der Waals surface area contributed by atoms with Crippen LogP contribution in [0.3, 0.4) is 0 Å². The van der Waals surface area contributed by atoms with Gasteiger partial charge in [0.25, 0.3) is 0 Å². The van der Waals surface area contributed by atoms with Gasteiger partial charge < -0.3 is 18.6 Å². The number of rotatable bonds is 3. The van der Waals surface area contributed by atoms with Gasteiger partial charge in [0.15, 0.2) is 0 Å². The van der Waals surface area contributed by atoms with Crippen LogP contribution in [0.5, 0.6) is 0 Å². The van der Waals surface area contributed by atoms with Crippen LogP contribution in [0.2, 0.25) is 0 Å². The first-order valence-corrected chi connectivity index (χ1v) is 14.4. The molecule has 40 heavy (non-hydrogen) atoms. The second kappa shape index (κ2) is 9.36. The lowest BCUT2D eigenvalue weighted by Gasteiger charge is -2.52. The van der Waals surface area contributed by atoms with E-state index in [1.165, 1.54) is 0 Å². The fourth-order valence-corrected chi connectivity index (χ4v) is 7.62. The maximum Gasteiger partial charge on any atom is 0.340 e. The number of furan rings is 1. The molecule has 7 nitrogen and oxygen atoms in total. The van der Waals surface area contributed by atoms with E-state index in [2.05, 4.69) is 17.0 Å². The van der Waals surface area contributed by atoms with Gasteiger partial charge in [0.2, 0.25) is 11.8 Å². The molecule has 3 atom stereocenters. The molecule has 5 heterocycles. The molecule has 2 aromatic heterocycles. The van der Waals surface area contributed by atoms with Crippen LogP contribution < -0.4 is 5.63 Å². The number of carbonyl (C=O) groups is 2. The van der Waals surface area contributed by atoms with Crippen LogP contribution in [0.25, 0.3) is 33.1 Å². The molecule has 3 saturated heterocycles. The van der Waals surface area contributed by atoms with E-state index in [1.54, 1.807) is 0 Å². The van der Waals surface area contributed by atoms with E-state index in [0.717, 1.165) is 64.6 Å². The van der Waals surface area contributed by atoms with Gasteiger partial charge in [-0.2, -0.15) is 0 Å². The van der Waals surface area contributed by atoms with Gasteiger partial charge in [-0.1, -0.05) is 30.3 Å². The molecule has 7 rings (SSSR count). The summed E-state index contributed by atoms with van der Waals surface area (Å²) in [5.41, 5.74) is 4.83. The predicted molar refractivity (Wildman–Crippen MR) is 153 cm³/mol. The second-order valence-electron chi connectivity index (χ2n) is 12.0. The van der Waals surface area contributed by atoms with Gasteiger partial charge in [-0.3, -0.25) is 9.59 Å². The molecule has 0 saturated carbocycles. The van der Waals surface area contributed by atoms with Crippen molar-refractivity contribution in [1.82, 2.24) is 9.80 Å². The molecule has 0 spiro atoms. The SMILES string of the molecule is Cc1oc2c(C)c3oc(=O)c(CC(=O)N4C[C@H]5C[C@@H](C4)[C@H]4CCCC(=O)N4C5)c(C)c3cc2c1-c1ccccc1. The number of fused-ring (bicyclic) bond motifs is 6. The number of amides is 2. The summed E-state index contributed by atoms with van der Waals surface area (Å²) in [5, 5.41) is 1.80. The number of hydrogen-bond acceptors (Lipinski definition) is 5. The minimum absolute atomic E-state index is 0.0178. The van der Waals surface area contributed by atoms with Gasteiger partial charge in [0, 0.05) is 54.0 Å². The number of piperidine rings is 3. The van der Waals surface area contributed by atoms with Crippen molar-refractivity contribution in [3.8, 4) is 11.1 Å². The molecular weight excluding hydrogens is 504 g/mol. The molecule has 0 radical (unpaired) electrons. The molecule has 2 bridgehead atoms. The third-order valence-electron chi connectivity index (χ3n) is 9.56. The summed E-state index contributed by atoms with van der Waals surface area (Å²) < 4.78 is 12.1. The number of nitrogens with zero attached hydrogens (tertiary/aromatic N) is 2. The number of benzene rings is 2. The van der Waals surface area contributed by atoms with Crippen molar-refractivity contribution in [3.63, 3.8) is 0 Å². The summed E-state index contributed by atoms with van der Waals surface area (Å²) in [6, 6.07) is 12.4. The van der Waals surface area contributed by atoms with Gasteiger partial charge in [-0.15, -0.1) is 0 Å². The second-order valence-corrected chi connectivity index (χ2v) is 12.0. The Labute approximate surface area is 232 Å². The summed E-state index contributed by atoms with van der Waals surface area (Å²) in [5.74, 6) is 1.65. The Morgan fingerprint density at radius 3 is 2.52 bits per heavy atom. The summed E-state index contributed by atoms with van der Waals surface area (Å²) >= 11 is 0. The first kappa shape index (κ1) is 25.1. The van der Waals surface area contributed by atoms with Crippen molar-refractivity contribution in [2.45, 2.75) is 58.9 Å². The van der Waals surface area contributed by atoms with Gasteiger partial charge in [-0.05, 0) is 69.1 Å². The van der Waals surface area contributed by atoms with E-state index in [-0.39, 0.29) is 24.3 Å². The molecule has 7 heteroatoms. The highest BCUT2D eigenvalue weighted by Crippen LogP contribution is 2.40. The zero-order valence-electron chi connectivity index (χ0n) is 23.3. The molecule has 0 aliphatic carbocycles. The summed E-state index contributed by atoms with van der Waals surface area (Å²) in [4.78, 5) is 43.4. The van der Waals surface area contributed by atoms with Crippen LogP contribution in [-0.4, -0.2) is 47.3 Å².